The summed E-state index contributed by atoms with van der Waals surface area (Å²) in [5.74, 6) is 1.74. The summed E-state index contributed by atoms with van der Waals surface area (Å²) in [7, 11) is 0. The van der Waals surface area contributed by atoms with Gasteiger partial charge < -0.3 is 9.73 Å². The van der Waals surface area contributed by atoms with Crippen LogP contribution in [-0.2, 0) is 0 Å². The maximum atomic E-state index is 5.36. The molecule has 0 fully saturated rings. The van der Waals surface area contributed by atoms with Crippen LogP contribution in [0.2, 0.25) is 0 Å². The van der Waals surface area contributed by atoms with E-state index in [-0.39, 0.29) is 6.04 Å². The van der Waals surface area contributed by atoms with Gasteiger partial charge in [-0.25, -0.2) is 9.97 Å². The Morgan fingerprint density at radius 2 is 2.29 bits per heavy atom. The number of rotatable bonds is 3. The summed E-state index contributed by atoms with van der Waals surface area (Å²) in [5, 5.41) is 6.40. The highest BCUT2D eigenvalue weighted by molar-refractivity contribution is 7.16. The molecular formula is C12H11N3OS. The first kappa shape index (κ1) is 10.3. The number of nitrogens with zero attached hydrogens (tertiary/aromatic N) is 2. The summed E-state index contributed by atoms with van der Waals surface area (Å²) in [6.07, 6.45) is 3.25. The fraction of sp³-hybridized carbons (Fsp3) is 0.167. The van der Waals surface area contributed by atoms with Crippen molar-refractivity contribution in [3.63, 3.8) is 0 Å². The lowest BCUT2D eigenvalue weighted by Crippen LogP contribution is -2.07. The summed E-state index contributed by atoms with van der Waals surface area (Å²) < 4.78 is 5.36. The van der Waals surface area contributed by atoms with Crippen molar-refractivity contribution in [2.75, 3.05) is 5.32 Å². The Kier molecular flexibility index (Phi) is 2.53. The second-order valence-electron chi connectivity index (χ2n) is 3.74. The van der Waals surface area contributed by atoms with Crippen molar-refractivity contribution >= 4 is 27.4 Å². The molecule has 0 radical (unpaired) electrons. The van der Waals surface area contributed by atoms with Gasteiger partial charge in [0.05, 0.1) is 17.7 Å². The van der Waals surface area contributed by atoms with Gasteiger partial charge in [-0.2, -0.15) is 0 Å². The van der Waals surface area contributed by atoms with Crippen LogP contribution >= 0.6 is 11.3 Å². The molecule has 1 N–H and O–H groups in total. The molecule has 3 heterocycles. The third kappa shape index (κ3) is 1.89. The summed E-state index contributed by atoms with van der Waals surface area (Å²) in [6.45, 7) is 2.04. The minimum Gasteiger partial charge on any atom is -0.467 e. The molecule has 0 bridgehead atoms. The number of anilines is 1. The van der Waals surface area contributed by atoms with Gasteiger partial charge in [-0.3, -0.25) is 0 Å². The van der Waals surface area contributed by atoms with E-state index in [0.29, 0.717) is 0 Å². The number of fused-ring (bicyclic) bond motifs is 1. The van der Waals surface area contributed by atoms with Crippen molar-refractivity contribution in [1.82, 2.24) is 9.97 Å². The standard InChI is InChI=1S/C12H11N3OS/c1-8(10-3-2-5-16-10)15-11-9-4-6-17-12(9)14-7-13-11/h2-8H,1H3,(H,13,14,15). The molecular weight excluding hydrogens is 234 g/mol. The first-order valence-corrected chi connectivity index (χ1v) is 6.20. The van der Waals surface area contributed by atoms with Crippen molar-refractivity contribution in [3.05, 3.63) is 41.9 Å². The first-order valence-electron chi connectivity index (χ1n) is 5.33. The van der Waals surface area contributed by atoms with Crippen LogP contribution in [0.25, 0.3) is 10.2 Å². The maximum Gasteiger partial charge on any atom is 0.138 e. The van der Waals surface area contributed by atoms with Gasteiger partial charge in [0.15, 0.2) is 0 Å². The average molecular weight is 245 g/mol. The van der Waals surface area contributed by atoms with Crippen LogP contribution in [0.3, 0.4) is 0 Å². The molecule has 3 aromatic heterocycles. The molecule has 0 aliphatic carbocycles. The molecule has 4 nitrogen and oxygen atoms in total. The van der Waals surface area contributed by atoms with Gasteiger partial charge in [0, 0.05) is 0 Å². The van der Waals surface area contributed by atoms with Crippen molar-refractivity contribution in [3.8, 4) is 0 Å². The van der Waals surface area contributed by atoms with Crippen LogP contribution in [0, 0.1) is 0 Å². The SMILES string of the molecule is CC(Nc1ncnc2sccc12)c1ccco1. The zero-order valence-corrected chi connectivity index (χ0v) is 10.1. The molecule has 0 spiro atoms. The molecule has 86 valence electrons. The molecule has 5 heteroatoms. The van der Waals surface area contributed by atoms with E-state index in [4.69, 9.17) is 4.42 Å². The Morgan fingerprint density at radius 1 is 1.35 bits per heavy atom. The van der Waals surface area contributed by atoms with Gasteiger partial charge in [-0.15, -0.1) is 11.3 Å². The predicted molar refractivity (Wildman–Crippen MR) is 68.2 cm³/mol. The summed E-state index contributed by atoms with van der Waals surface area (Å²) >= 11 is 1.61. The molecule has 0 saturated heterocycles. The van der Waals surface area contributed by atoms with E-state index in [0.717, 1.165) is 21.8 Å². The quantitative estimate of drug-likeness (QED) is 0.767. The van der Waals surface area contributed by atoms with Gasteiger partial charge in [-0.1, -0.05) is 0 Å². The topological polar surface area (TPSA) is 51.0 Å². The highest BCUT2D eigenvalue weighted by atomic mass is 32.1. The molecule has 1 atom stereocenters. The van der Waals surface area contributed by atoms with Crippen molar-refractivity contribution in [2.24, 2.45) is 0 Å². The lowest BCUT2D eigenvalue weighted by atomic mass is 10.2. The molecule has 0 saturated carbocycles. The van der Waals surface area contributed by atoms with Crippen LogP contribution in [0.5, 0.6) is 0 Å². The summed E-state index contributed by atoms with van der Waals surface area (Å²) in [4.78, 5) is 9.48. The summed E-state index contributed by atoms with van der Waals surface area (Å²) in [6, 6.07) is 5.94. The van der Waals surface area contributed by atoms with Gasteiger partial charge in [0.25, 0.3) is 0 Å². The maximum absolute atomic E-state index is 5.36. The molecule has 0 aromatic carbocycles. The lowest BCUT2D eigenvalue weighted by Gasteiger charge is -2.12. The largest absolute Gasteiger partial charge is 0.467 e. The van der Waals surface area contributed by atoms with Crippen LogP contribution in [0.4, 0.5) is 5.82 Å². The van der Waals surface area contributed by atoms with E-state index in [1.54, 1.807) is 23.9 Å². The third-order valence-electron chi connectivity index (χ3n) is 2.58. The third-order valence-corrected chi connectivity index (χ3v) is 3.41. The number of aromatic nitrogens is 2. The number of furan rings is 1. The Labute approximate surface area is 102 Å². The van der Waals surface area contributed by atoms with Crippen molar-refractivity contribution in [2.45, 2.75) is 13.0 Å². The number of hydrogen-bond acceptors (Lipinski definition) is 5. The Hall–Kier alpha value is -1.88. The Balaban J connectivity index is 1.92. The zero-order chi connectivity index (χ0) is 11.7. The minimum absolute atomic E-state index is 0.0861. The molecule has 0 amide bonds. The van der Waals surface area contributed by atoms with E-state index in [2.05, 4.69) is 15.3 Å². The monoisotopic (exact) mass is 245 g/mol. The fourth-order valence-corrected chi connectivity index (χ4v) is 2.45. The minimum atomic E-state index is 0.0861. The van der Waals surface area contributed by atoms with Crippen LogP contribution < -0.4 is 5.32 Å². The van der Waals surface area contributed by atoms with Crippen LogP contribution in [0.15, 0.2) is 40.6 Å². The predicted octanol–water partition coefficient (Wildman–Crippen LogP) is 3.46. The molecule has 17 heavy (non-hydrogen) atoms. The van der Waals surface area contributed by atoms with Gasteiger partial charge in [0.2, 0.25) is 0 Å². The number of thiophene rings is 1. The molecule has 3 aromatic rings. The summed E-state index contributed by atoms with van der Waals surface area (Å²) in [5.41, 5.74) is 0. The zero-order valence-electron chi connectivity index (χ0n) is 9.25. The van der Waals surface area contributed by atoms with Crippen molar-refractivity contribution < 1.29 is 4.42 Å². The van der Waals surface area contributed by atoms with E-state index < -0.39 is 0 Å². The second-order valence-corrected chi connectivity index (χ2v) is 4.64. The smallest absolute Gasteiger partial charge is 0.138 e. The van der Waals surface area contributed by atoms with E-state index in [9.17, 15) is 0 Å². The molecule has 0 aliphatic heterocycles. The van der Waals surface area contributed by atoms with Crippen LogP contribution in [0.1, 0.15) is 18.7 Å². The van der Waals surface area contributed by atoms with Gasteiger partial charge in [0.1, 0.15) is 22.7 Å². The first-order chi connectivity index (χ1) is 8.34. The Morgan fingerprint density at radius 3 is 3.12 bits per heavy atom. The molecule has 3 rings (SSSR count). The van der Waals surface area contributed by atoms with Gasteiger partial charge >= 0.3 is 0 Å². The van der Waals surface area contributed by atoms with Gasteiger partial charge in [-0.05, 0) is 30.5 Å². The van der Waals surface area contributed by atoms with Crippen LogP contribution in [-0.4, -0.2) is 9.97 Å². The van der Waals surface area contributed by atoms with E-state index in [1.165, 1.54) is 0 Å². The second kappa shape index (κ2) is 4.18. The number of nitrogens with one attached hydrogen (secondary N) is 1. The highest BCUT2D eigenvalue weighted by Crippen LogP contribution is 2.26. The normalized spacial score (nSPS) is 12.8. The molecule has 1 unspecified atom stereocenters. The lowest BCUT2D eigenvalue weighted by molar-refractivity contribution is 0.490. The highest BCUT2D eigenvalue weighted by Gasteiger charge is 2.11. The average Bonchev–Trinajstić information content (AvgIpc) is 3.00. The fourth-order valence-electron chi connectivity index (χ4n) is 1.72. The van der Waals surface area contributed by atoms with E-state index in [1.807, 2.05) is 30.5 Å². The molecule has 0 aliphatic rings. The van der Waals surface area contributed by atoms with Crippen molar-refractivity contribution in [1.29, 1.82) is 0 Å². The Bertz CT molecular complexity index is 618. The van der Waals surface area contributed by atoms with E-state index >= 15 is 0 Å². The number of hydrogen-bond donors (Lipinski definition) is 1.